The van der Waals surface area contributed by atoms with Gasteiger partial charge in [-0.15, -0.1) is 0 Å². The van der Waals surface area contributed by atoms with Crippen LogP contribution in [0.15, 0.2) is 29.2 Å². The van der Waals surface area contributed by atoms with Gasteiger partial charge in [-0.1, -0.05) is 23.7 Å². The quantitative estimate of drug-likeness (QED) is 0.925. The maximum atomic E-state index is 12.5. The minimum atomic E-state index is -3.49. The van der Waals surface area contributed by atoms with Gasteiger partial charge in [-0.2, -0.15) is 0 Å². The smallest absolute Gasteiger partial charge is 0.244 e. The van der Waals surface area contributed by atoms with E-state index in [9.17, 15) is 8.42 Å². The van der Waals surface area contributed by atoms with Crippen LogP contribution in [0.2, 0.25) is 5.02 Å². The second-order valence-electron chi connectivity index (χ2n) is 4.91. The molecule has 1 aliphatic heterocycles. The second kappa shape index (κ2) is 6.22. The molecule has 1 aromatic rings. The highest BCUT2D eigenvalue weighted by Crippen LogP contribution is 2.25. The minimum Gasteiger partial charge on any atom is -0.317 e. The fourth-order valence-corrected chi connectivity index (χ4v) is 4.08. The molecule has 0 unspecified atom stereocenters. The van der Waals surface area contributed by atoms with Crippen molar-refractivity contribution in [3.8, 4) is 0 Å². The lowest BCUT2D eigenvalue weighted by molar-refractivity contribution is 0.311. The zero-order valence-corrected chi connectivity index (χ0v) is 12.5. The van der Waals surface area contributed by atoms with E-state index in [1.54, 1.807) is 31.3 Å². The van der Waals surface area contributed by atoms with Crippen molar-refractivity contribution in [2.75, 3.05) is 26.7 Å². The van der Waals surface area contributed by atoms with E-state index in [0.29, 0.717) is 12.5 Å². The second-order valence-corrected chi connectivity index (χ2v) is 7.33. The third kappa shape index (κ3) is 3.48. The first-order chi connectivity index (χ1) is 9.01. The Morgan fingerprint density at radius 3 is 2.58 bits per heavy atom. The van der Waals surface area contributed by atoms with Gasteiger partial charge in [-0.3, -0.25) is 0 Å². The fraction of sp³-hybridized carbons (Fsp3) is 0.538. The first kappa shape index (κ1) is 14.8. The van der Waals surface area contributed by atoms with Crippen molar-refractivity contribution in [3.05, 3.63) is 29.3 Å². The normalized spacial score (nSPS) is 17.8. The van der Waals surface area contributed by atoms with E-state index in [1.807, 2.05) is 0 Å². The van der Waals surface area contributed by atoms with Gasteiger partial charge in [-0.25, -0.2) is 12.7 Å². The van der Waals surface area contributed by atoms with Crippen molar-refractivity contribution in [2.24, 2.45) is 5.92 Å². The van der Waals surface area contributed by atoms with E-state index in [1.165, 1.54) is 4.31 Å². The van der Waals surface area contributed by atoms with Crippen molar-refractivity contribution in [1.29, 1.82) is 0 Å². The summed E-state index contributed by atoms with van der Waals surface area (Å²) in [5, 5.41) is 3.56. The zero-order chi connectivity index (χ0) is 13.9. The van der Waals surface area contributed by atoms with Crippen LogP contribution in [0.5, 0.6) is 0 Å². The van der Waals surface area contributed by atoms with Gasteiger partial charge in [0.1, 0.15) is 4.90 Å². The van der Waals surface area contributed by atoms with Crippen LogP contribution in [0.25, 0.3) is 0 Å². The SMILES string of the molecule is CN(CC1CCNCC1)S(=O)(=O)c1ccccc1Cl. The van der Waals surface area contributed by atoms with Crippen LogP contribution < -0.4 is 5.32 Å². The van der Waals surface area contributed by atoms with E-state index in [0.717, 1.165) is 25.9 Å². The lowest BCUT2D eigenvalue weighted by atomic mass is 9.98. The molecule has 0 amide bonds. The summed E-state index contributed by atoms with van der Waals surface area (Å²) >= 11 is 5.98. The first-order valence-corrected chi connectivity index (χ1v) is 8.25. The van der Waals surface area contributed by atoms with Crippen molar-refractivity contribution in [2.45, 2.75) is 17.7 Å². The Morgan fingerprint density at radius 1 is 1.32 bits per heavy atom. The van der Waals surface area contributed by atoms with E-state index in [2.05, 4.69) is 5.32 Å². The molecule has 1 N–H and O–H groups in total. The summed E-state index contributed by atoms with van der Waals surface area (Å²) in [6.07, 6.45) is 2.03. The third-order valence-electron chi connectivity index (χ3n) is 3.50. The molecule has 19 heavy (non-hydrogen) atoms. The first-order valence-electron chi connectivity index (χ1n) is 6.43. The molecule has 0 bridgehead atoms. The molecule has 2 rings (SSSR count). The summed E-state index contributed by atoms with van der Waals surface area (Å²) in [7, 11) is -1.86. The Morgan fingerprint density at radius 2 is 1.95 bits per heavy atom. The Labute approximate surface area is 119 Å². The molecule has 0 radical (unpaired) electrons. The van der Waals surface area contributed by atoms with Crippen LogP contribution in [0, 0.1) is 5.92 Å². The van der Waals surface area contributed by atoms with E-state index < -0.39 is 10.0 Å². The average molecular weight is 303 g/mol. The zero-order valence-electron chi connectivity index (χ0n) is 11.0. The highest BCUT2D eigenvalue weighted by Gasteiger charge is 2.26. The van der Waals surface area contributed by atoms with E-state index in [-0.39, 0.29) is 9.92 Å². The largest absolute Gasteiger partial charge is 0.317 e. The number of sulfonamides is 1. The number of hydrogen-bond acceptors (Lipinski definition) is 3. The third-order valence-corrected chi connectivity index (χ3v) is 5.82. The van der Waals surface area contributed by atoms with Crippen LogP contribution >= 0.6 is 11.6 Å². The lowest BCUT2D eigenvalue weighted by Crippen LogP contribution is -2.37. The number of benzene rings is 1. The van der Waals surface area contributed by atoms with Crippen LogP contribution in [-0.2, 0) is 10.0 Å². The van der Waals surface area contributed by atoms with Gasteiger partial charge in [0, 0.05) is 13.6 Å². The molecular formula is C13H19ClN2O2S. The molecule has 1 fully saturated rings. The van der Waals surface area contributed by atoms with Gasteiger partial charge in [0.25, 0.3) is 0 Å². The maximum absolute atomic E-state index is 12.5. The van der Waals surface area contributed by atoms with Gasteiger partial charge in [0.05, 0.1) is 5.02 Å². The summed E-state index contributed by atoms with van der Waals surface area (Å²) in [5.41, 5.74) is 0. The van der Waals surface area contributed by atoms with E-state index >= 15 is 0 Å². The van der Waals surface area contributed by atoms with E-state index in [4.69, 9.17) is 11.6 Å². The number of halogens is 1. The molecule has 4 nitrogen and oxygen atoms in total. The molecule has 106 valence electrons. The molecule has 6 heteroatoms. The van der Waals surface area contributed by atoms with Crippen LogP contribution in [-0.4, -0.2) is 39.4 Å². The number of nitrogens with one attached hydrogen (secondary N) is 1. The lowest BCUT2D eigenvalue weighted by Gasteiger charge is -2.27. The highest BCUT2D eigenvalue weighted by molar-refractivity contribution is 7.89. The summed E-state index contributed by atoms with van der Waals surface area (Å²) < 4.78 is 26.3. The molecule has 1 aromatic carbocycles. The molecule has 0 spiro atoms. The molecule has 0 atom stereocenters. The fourth-order valence-electron chi connectivity index (χ4n) is 2.35. The number of hydrogen-bond donors (Lipinski definition) is 1. The highest BCUT2D eigenvalue weighted by atomic mass is 35.5. The Hall–Kier alpha value is -0.620. The molecule has 1 heterocycles. The molecule has 0 aliphatic carbocycles. The van der Waals surface area contributed by atoms with Crippen molar-refractivity contribution >= 4 is 21.6 Å². The predicted octanol–water partition coefficient (Wildman–Crippen LogP) is 1.96. The van der Waals surface area contributed by atoms with Crippen molar-refractivity contribution in [1.82, 2.24) is 9.62 Å². The van der Waals surface area contributed by atoms with Gasteiger partial charge >= 0.3 is 0 Å². The Balaban J connectivity index is 2.13. The summed E-state index contributed by atoms with van der Waals surface area (Å²) in [6.45, 7) is 2.48. The van der Waals surface area contributed by atoms with Crippen molar-refractivity contribution in [3.63, 3.8) is 0 Å². The van der Waals surface area contributed by atoms with Gasteiger partial charge in [0.2, 0.25) is 10.0 Å². The topological polar surface area (TPSA) is 49.4 Å². The number of piperidine rings is 1. The standard InChI is InChI=1S/C13H19ClN2O2S/c1-16(10-11-6-8-15-9-7-11)19(17,18)13-5-3-2-4-12(13)14/h2-5,11,15H,6-10H2,1H3. The van der Waals surface area contributed by atoms with Crippen LogP contribution in [0.4, 0.5) is 0 Å². The number of nitrogens with zero attached hydrogens (tertiary/aromatic N) is 1. The Kier molecular flexibility index (Phi) is 4.84. The average Bonchev–Trinajstić information content (AvgIpc) is 2.40. The summed E-state index contributed by atoms with van der Waals surface area (Å²) in [5.74, 6) is 0.420. The molecule has 1 saturated heterocycles. The molecular weight excluding hydrogens is 284 g/mol. The molecule has 1 aliphatic rings. The van der Waals surface area contributed by atoms with Gasteiger partial charge in [-0.05, 0) is 44.0 Å². The summed E-state index contributed by atoms with van der Waals surface area (Å²) in [4.78, 5) is 0.188. The van der Waals surface area contributed by atoms with Crippen molar-refractivity contribution < 1.29 is 8.42 Å². The van der Waals surface area contributed by atoms with Gasteiger partial charge < -0.3 is 5.32 Å². The van der Waals surface area contributed by atoms with Gasteiger partial charge in [0.15, 0.2) is 0 Å². The summed E-state index contributed by atoms with van der Waals surface area (Å²) in [6, 6.07) is 6.58. The Bertz CT molecular complexity index is 527. The number of rotatable bonds is 4. The molecule has 0 aromatic heterocycles. The maximum Gasteiger partial charge on any atom is 0.244 e. The minimum absolute atomic E-state index is 0.188. The monoisotopic (exact) mass is 302 g/mol. The predicted molar refractivity (Wildman–Crippen MR) is 76.9 cm³/mol. The van der Waals surface area contributed by atoms with Crippen LogP contribution in [0.1, 0.15) is 12.8 Å². The van der Waals surface area contributed by atoms with Crippen LogP contribution in [0.3, 0.4) is 0 Å². The molecule has 0 saturated carbocycles.